The number of aromatic nitrogens is 1. The van der Waals surface area contributed by atoms with E-state index in [1.807, 2.05) is 6.92 Å². The van der Waals surface area contributed by atoms with E-state index in [0.29, 0.717) is 16.8 Å². The fraction of sp³-hybridized carbons (Fsp3) is 0.459. The maximum absolute atomic E-state index is 14.7. The fourth-order valence-corrected chi connectivity index (χ4v) is 6.88. The van der Waals surface area contributed by atoms with Gasteiger partial charge in [0.15, 0.2) is 0 Å². The number of hydrogen-bond acceptors (Lipinski definition) is 6. The van der Waals surface area contributed by atoms with Gasteiger partial charge in [0.1, 0.15) is 23.7 Å². The molecule has 48 heavy (non-hydrogen) atoms. The second kappa shape index (κ2) is 13.6. The zero-order valence-electron chi connectivity index (χ0n) is 27.2. The molecule has 4 fully saturated rings. The van der Waals surface area contributed by atoms with E-state index in [1.165, 1.54) is 60.5 Å². The number of nitrogens with zero attached hydrogens (tertiary/aromatic N) is 4. The number of hydrogen-bond donors (Lipinski definition) is 2. The van der Waals surface area contributed by atoms with Gasteiger partial charge < -0.3 is 20.4 Å². The molecule has 11 heteroatoms. The Labute approximate surface area is 279 Å². The van der Waals surface area contributed by atoms with E-state index < -0.39 is 42.3 Å². The highest BCUT2D eigenvalue weighted by Gasteiger charge is 2.40. The summed E-state index contributed by atoms with van der Waals surface area (Å²) < 4.78 is 28.2. The molecule has 2 aliphatic carbocycles. The summed E-state index contributed by atoms with van der Waals surface area (Å²) >= 11 is 0. The first kappa shape index (κ1) is 32.2. The van der Waals surface area contributed by atoms with Crippen LogP contribution >= 0.6 is 0 Å². The normalized spacial score (nSPS) is 22.3. The van der Waals surface area contributed by atoms with Gasteiger partial charge in [0, 0.05) is 49.7 Å². The monoisotopic (exact) mass is 656 g/mol. The van der Waals surface area contributed by atoms with Gasteiger partial charge in [-0.25, -0.2) is 13.8 Å². The zero-order valence-corrected chi connectivity index (χ0v) is 27.2. The smallest absolute Gasteiger partial charge is 0.270 e. The third-order valence-corrected chi connectivity index (χ3v) is 9.97. The van der Waals surface area contributed by atoms with Crippen LogP contribution < -0.4 is 15.5 Å². The van der Waals surface area contributed by atoms with Gasteiger partial charge in [-0.1, -0.05) is 24.3 Å². The summed E-state index contributed by atoms with van der Waals surface area (Å²) in [5.41, 5.74) is 3.69. The highest BCUT2D eigenvalue weighted by atomic mass is 19.1. The lowest BCUT2D eigenvalue weighted by Crippen LogP contribution is -2.49. The van der Waals surface area contributed by atoms with Gasteiger partial charge in [-0.2, -0.15) is 0 Å². The Bertz CT molecular complexity index is 1730. The van der Waals surface area contributed by atoms with E-state index in [-0.39, 0.29) is 24.7 Å². The molecule has 9 nitrogen and oxygen atoms in total. The van der Waals surface area contributed by atoms with Gasteiger partial charge in [0.05, 0.1) is 24.6 Å². The predicted octanol–water partition coefficient (Wildman–Crippen LogP) is 4.63. The average molecular weight is 657 g/mol. The first-order valence-electron chi connectivity index (χ1n) is 17.1. The molecule has 4 aliphatic rings. The molecule has 2 N–H and O–H groups in total. The average Bonchev–Trinajstić information content (AvgIpc) is 4.04. The maximum Gasteiger partial charge on any atom is 0.270 e. The number of fused-ring (bicyclic) bond motifs is 1. The molecule has 2 aliphatic heterocycles. The second-order valence-electron chi connectivity index (χ2n) is 13.6. The zero-order chi connectivity index (χ0) is 33.4. The topological polar surface area (TPSA) is 97.9 Å². The first-order valence-corrected chi connectivity index (χ1v) is 17.1. The third-order valence-electron chi connectivity index (χ3n) is 9.97. The van der Waals surface area contributed by atoms with Crippen LogP contribution in [-0.2, 0) is 9.59 Å². The van der Waals surface area contributed by atoms with Crippen molar-refractivity contribution in [3.63, 3.8) is 0 Å². The van der Waals surface area contributed by atoms with Gasteiger partial charge in [-0.3, -0.25) is 19.3 Å². The number of piperazine rings is 1. The minimum Gasteiger partial charge on any atom is -0.369 e. The first-order chi connectivity index (χ1) is 23.2. The molecule has 2 aromatic carbocycles. The second-order valence-corrected chi connectivity index (χ2v) is 13.6. The molecule has 2 saturated carbocycles. The van der Waals surface area contributed by atoms with Crippen molar-refractivity contribution in [1.82, 2.24) is 25.4 Å². The quantitative estimate of drug-likeness (QED) is 0.331. The highest BCUT2D eigenvalue weighted by Crippen LogP contribution is 2.34. The van der Waals surface area contributed by atoms with Crippen molar-refractivity contribution in [1.29, 1.82) is 0 Å². The molecule has 0 spiro atoms. The van der Waals surface area contributed by atoms with Gasteiger partial charge in [-0.05, 0) is 86.1 Å². The summed E-state index contributed by atoms with van der Waals surface area (Å²) in [6.07, 6.45) is 7.96. The molecular formula is C37H42F2N6O3. The Morgan fingerprint density at radius 1 is 1.00 bits per heavy atom. The molecule has 0 bridgehead atoms. The number of halogens is 2. The van der Waals surface area contributed by atoms with Crippen LogP contribution in [0.1, 0.15) is 66.7 Å². The standard InChI is InChI=1S/C37H42F2N6O3/c1-23(31-11-10-30(19-25(31)5-4-24-2-3-24)44-16-14-43(15-17-44)29-8-9-29)41-37(48)34-20-28(39)22-45(34)35(46)21-40-36(47)33-12-6-26-18-27(38)7-13-32(26)42-33/h4-7,10-13,18-19,23-24,28-29,34H,2-3,8-9,14-17,20-22H2,1H3,(H,40,47)(H,41,48)/b5-4+/t23-,28+,34-/m0/s1. The van der Waals surface area contributed by atoms with Gasteiger partial charge >= 0.3 is 0 Å². The molecule has 1 aromatic heterocycles. The van der Waals surface area contributed by atoms with Crippen LogP contribution in [0.5, 0.6) is 0 Å². The van der Waals surface area contributed by atoms with E-state index in [9.17, 15) is 23.2 Å². The van der Waals surface area contributed by atoms with Crippen molar-refractivity contribution in [3.05, 3.63) is 77.2 Å². The van der Waals surface area contributed by atoms with E-state index >= 15 is 0 Å². The molecule has 0 radical (unpaired) electrons. The number of amides is 3. The largest absolute Gasteiger partial charge is 0.369 e. The van der Waals surface area contributed by atoms with Crippen LogP contribution in [0.25, 0.3) is 17.0 Å². The number of carbonyl (C=O) groups excluding carboxylic acids is 3. The van der Waals surface area contributed by atoms with Crippen molar-refractivity contribution in [2.24, 2.45) is 5.92 Å². The number of pyridine rings is 1. The Kier molecular flexibility index (Phi) is 9.13. The Balaban J connectivity index is 0.991. The molecule has 2 saturated heterocycles. The third kappa shape index (κ3) is 7.36. The van der Waals surface area contributed by atoms with Crippen molar-refractivity contribution in [3.8, 4) is 0 Å². The minimum absolute atomic E-state index is 0.0629. The van der Waals surface area contributed by atoms with Crippen molar-refractivity contribution < 1.29 is 23.2 Å². The number of carbonyl (C=O) groups is 3. The molecule has 3 atom stereocenters. The van der Waals surface area contributed by atoms with Crippen LogP contribution in [0.2, 0.25) is 0 Å². The lowest BCUT2D eigenvalue weighted by Gasteiger charge is -2.36. The van der Waals surface area contributed by atoms with Crippen molar-refractivity contribution in [2.45, 2.75) is 63.3 Å². The molecule has 3 amide bonds. The van der Waals surface area contributed by atoms with E-state index in [0.717, 1.165) is 43.3 Å². The molecule has 0 unspecified atom stereocenters. The fourth-order valence-electron chi connectivity index (χ4n) is 6.88. The number of likely N-dealkylation sites (tertiary alicyclic amines) is 1. The van der Waals surface area contributed by atoms with E-state index in [4.69, 9.17) is 0 Å². The minimum atomic E-state index is -1.35. The summed E-state index contributed by atoms with van der Waals surface area (Å²) in [6.45, 7) is 5.40. The van der Waals surface area contributed by atoms with Crippen LogP contribution in [0.4, 0.5) is 14.5 Å². The highest BCUT2D eigenvalue weighted by molar-refractivity contribution is 5.97. The number of benzene rings is 2. The van der Waals surface area contributed by atoms with Crippen molar-refractivity contribution in [2.75, 3.05) is 44.2 Å². The maximum atomic E-state index is 14.7. The lowest BCUT2D eigenvalue weighted by atomic mass is 9.98. The summed E-state index contributed by atoms with van der Waals surface area (Å²) in [5, 5.41) is 6.12. The van der Waals surface area contributed by atoms with E-state index in [2.05, 4.69) is 55.8 Å². The summed E-state index contributed by atoms with van der Waals surface area (Å²) in [4.78, 5) is 50.0. The van der Waals surface area contributed by atoms with Crippen LogP contribution in [0.3, 0.4) is 0 Å². The SMILES string of the molecule is C[C@H](NC(=O)[C@@H]1C[C@@H](F)CN1C(=O)CNC(=O)c1ccc2cc(F)ccc2n1)c1ccc(N2CCN(C3CC3)CC2)cc1/C=C/C1CC1. The Hall–Kier alpha value is -4.38. The van der Waals surface area contributed by atoms with E-state index in [1.54, 1.807) is 6.07 Å². The van der Waals surface area contributed by atoms with Crippen LogP contribution in [-0.4, -0.2) is 90.0 Å². The Morgan fingerprint density at radius 3 is 2.54 bits per heavy atom. The number of nitrogens with one attached hydrogen (secondary N) is 2. The molecule has 7 rings (SSSR count). The summed E-state index contributed by atoms with van der Waals surface area (Å²) in [5.74, 6) is -1.40. The lowest BCUT2D eigenvalue weighted by molar-refractivity contribution is -0.138. The number of alkyl halides is 1. The molecule has 3 aromatic rings. The van der Waals surface area contributed by atoms with Gasteiger partial charge in [0.2, 0.25) is 11.8 Å². The number of rotatable bonds is 10. The van der Waals surface area contributed by atoms with Crippen LogP contribution in [0.15, 0.2) is 54.6 Å². The summed E-state index contributed by atoms with van der Waals surface area (Å²) in [7, 11) is 0. The predicted molar refractivity (Wildman–Crippen MR) is 181 cm³/mol. The summed E-state index contributed by atoms with van der Waals surface area (Å²) in [6, 6.07) is 12.9. The number of allylic oxidation sites excluding steroid dienone is 1. The molecule has 252 valence electrons. The Morgan fingerprint density at radius 2 is 1.79 bits per heavy atom. The van der Waals surface area contributed by atoms with Crippen molar-refractivity contribution >= 4 is 40.4 Å². The van der Waals surface area contributed by atoms with Gasteiger partial charge in [0.25, 0.3) is 5.91 Å². The molecule has 3 heterocycles. The number of anilines is 1. The van der Waals surface area contributed by atoms with Gasteiger partial charge in [-0.15, -0.1) is 0 Å². The molecular weight excluding hydrogens is 614 g/mol. The van der Waals surface area contributed by atoms with Crippen LogP contribution in [0, 0.1) is 11.7 Å².